The SMILES string of the molecule is Cl.N[C@@H]1CCCN(c2c(/C=C3\SC(=O)NC3=O)cccc2OCC(F)(F)F)C1. The normalized spacial score (nSPS) is 21.5. The Morgan fingerprint density at radius 2 is 2.11 bits per heavy atom. The highest BCUT2D eigenvalue weighted by Gasteiger charge is 2.31. The molecule has 0 unspecified atom stereocenters. The summed E-state index contributed by atoms with van der Waals surface area (Å²) in [5.41, 5.74) is 6.96. The molecule has 0 saturated carbocycles. The molecule has 2 saturated heterocycles. The second kappa shape index (κ2) is 9.06. The quantitative estimate of drug-likeness (QED) is 0.703. The Hall–Kier alpha value is -1.91. The Morgan fingerprint density at radius 1 is 1.36 bits per heavy atom. The van der Waals surface area contributed by atoms with E-state index in [2.05, 4.69) is 5.32 Å². The Bertz CT molecular complexity index is 789. The highest BCUT2D eigenvalue weighted by atomic mass is 35.5. The van der Waals surface area contributed by atoms with E-state index in [0.29, 0.717) is 24.3 Å². The van der Waals surface area contributed by atoms with E-state index in [9.17, 15) is 22.8 Å². The fraction of sp³-hybridized carbons (Fsp3) is 0.412. The standard InChI is InChI=1S/C17H18F3N3O3S.ClH/c18-17(19,20)9-26-12-5-1-3-10(7-13-15(24)22-16(25)27-13)14(12)23-6-2-4-11(21)8-23;/h1,3,5,7,11H,2,4,6,8-9,21H2,(H,22,24,25);1H/b13-7-;/t11-;/m1./s1. The van der Waals surface area contributed by atoms with Crippen LogP contribution in [0.5, 0.6) is 5.75 Å². The van der Waals surface area contributed by atoms with Crippen molar-refractivity contribution in [3.05, 3.63) is 28.7 Å². The number of halogens is 4. The van der Waals surface area contributed by atoms with E-state index in [1.54, 1.807) is 12.1 Å². The largest absolute Gasteiger partial charge is 0.482 e. The molecule has 2 amide bonds. The summed E-state index contributed by atoms with van der Waals surface area (Å²) in [6.45, 7) is -0.358. The maximum absolute atomic E-state index is 12.6. The second-order valence-electron chi connectivity index (χ2n) is 6.30. The van der Waals surface area contributed by atoms with Crippen molar-refractivity contribution in [2.24, 2.45) is 5.73 Å². The van der Waals surface area contributed by atoms with Gasteiger partial charge in [-0.15, -0.1) is 12.4 Å². The molecule has 0 aliphatic carbocycles. The molecule has 1 aromatic rings. The van der Waals surface area contributed by atoms with Crippen molar-refractivity contribution in [2.75, 3.05) is 24.6 Å². The van der Waals surface area contributed by atoms with E-state index in [-0.39, 0.29) is 29.1 Å². The summed E-state index contributed by atoms with van der Waals surface area (Å²) in [6, 6.07) is 4.56. The molecule has 0 bridgehead atoms. The zero-order valence-corrected chi connectivity index (χ0v) is 16.3. The predicted octanol–water partition coefficient (Wildman–Crippen LogP) is 3.30. The lowest BCUT2D eigenvalue weighted by Crippen LogP contribution is -2.43. The number of nitrogens with one attached hydrogen (secondary N) is 1. The van der Waals surface area contributed by atoms with Crippen LogP contribution in [-0.2, 0) is 4.79 Å². The average Bonchev–Trinajstić information content (AvgIpc) is 2.89. The van der Waals surface area contributed by atoms with Crippen LogP contribution in [0.4, 0.5) is 23.7 Å². The number of anilines is 1. The van der Waals surface area contributed by atoms with Crippen LogP contribution in [0.25, 0.3) is 6.08 Å². The average molecular weight is 438 g/mol. The number of ether oxygens (including phenoxy) is 1. The summed E-state index contributed by atoms with van der Waals surface area (Å²) in [5.74, 6) is -0.474. The van der Waals surface area contributed by atoms with Crippen molar-refractivity contribution in [3.8, 4) is 5.75 Å². The van der Waals surface area contributed by atoms with Gasteiger partial charge in [-0.3, -0.25) is 14.9 Å². The van der Waals surface area contributed by atoms with Crippen LogP contribution in [0.1, 0.15) is 18.4 Å². The number of nitrogens with two attached hydrogens (primary N) is 1. The molecular formula is C17H19ClF3N3O3S. The minimum atomic E-state index is -4.47. The van der Waals surface area contributed by atoms with E-state index in [1.807, 2.05) is 4.90 Å². The Kier molecular flexibility index (Phi) is 7.24. The third-order valence-electron chi connectivity index (χ3n) is 4.12. The van der Waals surface area contributed by atoms with Crippen LogP contribution in [0.3, 0.4) is 0 Å². The summed E-state index contributed by atoms with van der Waals surface area (Å²) in [6.07, 6.45) is -1.37. The van der Waals surface area contributed by atoms with E-state index >= 15 is 0 Å². The lowest BCUT2D eigenvalue weighted by Gasteiger charge is -2.34. The number of amides is 2. The van der Waals surface area contributed by atoms with Gasteiger partial charge >= 0.3 is 6.18 Å². The number of hydrogen-bond acceptors (Lipinski definition) is 6. The van der Waals surface area contributed by atoms with Crippen LogP contribution in [-0.4, -0.2) is 43.1 Å². The molecular weight excluding hydrogens is 419 g/mol. The first kappa shape index (κ1) is 22.4. The molecule has 28 heavy (non-hydrogen) atoms. The van der Waals surface area contributed by atoms with Gasteiger partial charge in [0.05, 0.1) is 10.6 Å². The molecule has 3 rings (SSSR count). The predicted molar refractivity (Wildman–Crippen MR) is 104 cm³/mol. The minimum Gasteiger partial charge on any atom is -0.482 e. The topological polar surface area (TPSA) is 84.7 Å². The van der Waals surface area contributed by atoms with Crippen molar-refractivity contribution in [1.82, 2.24) is 5.32 Å². The van der Waals surface area contributed by atoms with Gasteiger partial charge in [-0.05, 0) is 36.7 Å². The number of carbonyl (C=O) groups is 2. The maximum atomic E-state index is 12.6. The number of imide groups is 1. The monoisotopic (exact) mass is 437 g/mol. The lowest BCUT2D eigenvalue weighted by atomic mass is 10.0. The number of carbonyl (C=O) groups excluding carboxylic acids is 2. The number of rotatable bonds is 4. The molecule has 2 heterocycles. The van der Waals surface area contributed by atoms with Gasteiger partial charge in [-0.1, -0.05) is 12.1 Å². The van der Waals surface area contributed by atoms with Crippen molar-refractivity contribution in [2.45, 2.75) is 25.1 Å². The molecule has 3 N–H and O–H groups in total. The zero-order valence-electron chi connectivity index (χ0n) is 14.6. The smallest absolute Gasteiger partial charge is 0.422 e. The first-order chi connectivity index (χ1) is 12.7. The van der Waals surface area contributed by atoms with Crippen LogP contribution in [0.15, 0.2) is 23.1 Å². The van der Waals surface area contributed by atoms with E-state index < -0.39 is 23.9 Å². The molecule has 0 aromatic heterocycles. The first-order valence-electron chi connectivity index (χ1n) is 8.31. The number of piperidine rings is 1. The second-order valence-corrected chi connectivity index (χ2v) is 7.31. The van der Waals surface area contributed by atoms with Crippen LogP contribution < -0.4 is 20.7 Å². The van der Waals surface area contributed by atoms with Gasteiger partial charge in [0, 0.05) is 24.7 Å². The molecule has 0 radical (unpaired) electrons. The Balaban J connectivity index is 0.00000280. The van der Waals surface area contributed by atoms with Crippen LogP contribution in [0.2, 0.25) is 0 Å². The number of benzene rings is 1. The fourth-order valence-corrected chi connectivity index (χ4v) is 3.72. The first-order valence-corrected chi connectivity index (χ1v) is 9.12. The molecule has 0 spiro atoms. The molecule has 2 fully saturated rings. The fourth-order valence-electron chi connectivity index (χ4n) is 3.05. The molecule has 11 heteroatoms. The van der Waals surface area contributed by atoms with E-state index in [4.69, 9.17) is 10.5 Å². The van der Waals surface area contributed by atoms with Gasteiger partial charge in [0.1, 0.15) is 5.75 Å². The van der Waals surface area contributed by atoms with Gasteiger partial charge in [0.15, 0.2) is 6.61 Å². The highest BCUT2D eigenvalue weighted by Crippen LogP contribution is 2.38. The molecule has 1 aromatic carbocycles. The van der Waals surface area contributed by atoms with Crippen molar-refractivity contribution in [3.63, 3.8) is 0 Å². The Labute approximate surface area is 170 Å². The molecule has 1 atom stereocenters. The molecule has 2 aliphatic rings. The van der Waals surface area contributed by atoms with Crippen molar-refractivity contribution < 1.29 is 27.5 Å². The number of para-hydroxylation sites is 1. The van der Waals surface area contributed by atoms with Gasteiger partial charge in [0.25, 0.3) is 11.1 Å². The summed E-state index contributed by atoms with van der Waals surface area (Å²) in [4.78, 5) is 25.3. The summed E-state index contributed by atoms with van der Waals surface area (Å²) in [7, 11) is 0. The third kappa shape index (κ3) is 5.55. The highest BCUT2D eigenvalue weighted by molar-refractivity contribution is 8.18. The number of hydrogen-bond donors (Lipinski definition) is 2. The van der Waals surface area contributed by atoms with Crippen LogP contribution in [0, 0.1) is 0 Å². The van der Waals surface area contributed by atoms with Crippen molar-refractivity contribution >= 4 is 47.1 Å². The Morgan fingerprint density at radius 3 is 2.71 bits per heavy atom. The van der Waals surface area contributed by atoms with Gasteiger partial charge in [-0.25, -0.2) is 0 Å². The van der Waals surface area contributed by atoms with E-state index in [1.165, 1.54) is 12.1 Å². The summed E-state index contributed by atoms with van der Waals surface area (Å²) in [5, 5.41) is 1.67. The van der Waals surface area contributed by atoms with Gasteiger partial charge in [-0.2, -0.15) is 13.2 Å². The van der Waals surface area contributed by atoms with E-state index in [0.717, 1.165) is 24.6 Å². The maximum Gasteiger partial charge on any atom is 0.422 e. The number of thioether (sulfide) groups is 1. The summed E-state index contributed by atoms with van der Waals surface area (Å²) >= 11 is 0.745. The van der Waals surface area contributed by atoms with Crippen LogP contribution >= 0.6 is 24.2 Å². The lowest BCUT2D eigenvalue weighted by molar-refractivity contribution is -0.153. The molecule has 154 valence electrons. The number of nitrogens with zero attached hydrogens (tertiary/aromatic N) is 1. The van der Waals surface area contributed by atoms with Gasteiger partial charge in [0.2, 0.25) is 0 Å². The number of alkyl halides is 3. The molecule has 6 nitrogen and oxygen atoms in total. The third-order valence-corrected chi connectivity index (χ3v) is 4.93. The minimum absolute atomic E-state index is 0. The zero-order chi connectivity index (χ0) is 19.6. The van der Waals surface area contributed by atoms with Crippen molar-refractivity contribution in [1.29, 1.82) is 0 Å². The van der Waals surface area contributed by atoms with Gasteiger partial charge < -0.3 is 15.4 Å². The summed E-state index contributed by atoms with van der Waals surface area (Å²) < 4.78 is 42.9. The molecule has 2 aliphatic heterocycles.